The maximum Gasteiger partial charge on any atom is 0.227 e. The van der Waals surface area contributed by atoms with Crippen molar-refractivity contribution < 1.29 is 9.59 Å². The molecule has 1 aromatic carbocycles. The number of carbonyl (C=O) groups is 2. The first-order chi connectivity index (χ1) is 17.7. The second kappa shape index (κ2) is 19.4. The van der Waals surface area contributed by atoms with Gasteiger partial charge < -0.3 is 20.4 Å². The number of benzene rings is 1. The summed E-state index contributed by atoms with van der Waals surface area (Å²) in [6.07, 6.45) is 9.06. The Morgan fingerprint density at radius 3 is 2.27 bits per heavy atom. The molecule has 0 unspecified atom stereocenters. The van der Waals surface area contributed by atoms with Gasteiger partial charge in [-0.2, -0.15) is 0 Å². The number of amides is 1. The molecule has 0 saturated carbocycles. The number of carbonyl (C=O) groups excluding carboxylic acids is 2. The Morgan fingerprint density at radius 2 is 1.76 bits per heavy atom. The van der Waals surface area contributed by atoms with E-state index in [-0.39, 0.29) is 5.91 Å². The van der Waals surface area contributed by atoms with Crippen LogP contribution in [0.25, 0.3) is 16.6 Å². The van der Waals surface area contributed by atoms with E-state index in [4.69, 9.17) is 4.79 Å². The summed E-state index contributed by atoms with van der Waals surface area (Å²) in [7, 11) is 1.63. The van der Waals surface area contributed by atoms with Crippen LogP contribution in [-0.4, -0.2) is 40.4 Å². The average molecular weight is 509 g/mol. The van der Waals surface area contributed by atoms with Crippen molar-refractivity contribution in [3.63, 3.8) is 0 Å². The van der Waals surface area contributed by atoms with Crippen molar-refractivity contribution in [3.05, 3.63) is 53.5 Å². The lowest BCUT2D eigenvalue weighted by molar-refractivity contribution is -0.120. The Hall–Kier alpha value is -3.81. The summed E-state index contributed by atoms with van der Waals surface area (Å²) in [5, 5.41) is 6.96. The average Bonchev–Trinajstić information content (AvgIpc) is 3.26. The molecule has 202 valence electrons. The smallest absolute Gasteiger partial charge is 0.227 e. The third kappa shape index (κ3) is 12.6. The molecule has 0 aliphatic carbocycles. The van der Waals surface area contributed by atoms with Gasteiger partial charge in [0, 0.05) is 48.2 Å². The number of H-pyrrole nitrogens is 1. The fourth-order valence-corrected chi connectivity index (χ4v) is 2.98. The maximum absolute atomic E-state index is 10.1. The fourth-order valence-electron chi connectivity index (χ4n) is 2.98. The molecule has 3 N–H and O–H groups in total. The molecule has 3 aromatic rings. The van der Waals surface area contributed by atoms with Crippen LogP contribution >= 0.6 is 0 Å². The highest BCUT2D eigenvalue weighted by Crippen LogP contribution is 2.25. The third-order valence-electron chi connectivity index (χ3n) is 4.52. The zero-order valence-corrected chi connectivity index (χ0v) is 23.9. The first kappa shape index (κ1) is 33.2. The number of aromatic nitrogens is 3. The van der Waals surface area contributed by atoms with Gasteiger partial charge in [0.1, 0.15) is 6.29 Å². The number of rotatable bonds is 6. The number of fused-ring (bicyclic) bond motifs is 1. The largest absolute Gasteiger partial charge is 0.359 e. The number of aldehydes is 1. The minimum Gasteiger partial charge on any atom is -0.359 e. The Bertz CT molecular complexity index is 1140. The minimum absolute atomic E-state index is 0.0926. The van der Waals surface area contributed by atoms with Gasteiger partial charge in [-0.3, -0.25) is 9.79 Å². The van der Waals surface area contributed by atoms with Crippen LogP contribution < -0.4 is 10.6 Å². The van der Waals surface area contributed by atoms with E-state index in [1.54, 1.807) is 13.2 Å². The summed E-state index contributed by atoms with van der Waals surface area (Å²) in [4.78, 5) is 35.6. The van der Waals surface area contributed by atoms with Gasteiger partial charge in [-0.15, -0.1) is 0 Å². The van der Waals surface area contributed by atoms with E-state index in [0.717, 1.165) is 35.5 Å². The Labute approximate surface area is 222 Å². The van der Waals surface area contributed by atoms with E-state index in [9.17, 15) is 4.79 Å². The van der Waals surface area contributed by atoms with Crippen LogP contribution in [0.5, 0.6) is 0 Å². The summed E-state index contributed by atoms with van der Waals surface area (Å²) in [6, 6.07) is 8.22. The number of aliphatic imine (C=N–C) groups is 1. The quantitative estimate of drug-likeness (QED) is 0.247. The van der Waals surface area contributed by atoms with Crippen LogP contribution in [0, 0.1) is 13.8 Å². The number of aryl methyl sites for hydroxylation is 2. The van der Waals surface area contributed by atoms with Gasteiger partial charge >= 0.3 is 0 Å². The topological polar surface area (TPSA) is 112 Å². The van der Waals surface area contributed by atoms with Crippen molar-refractivity contribution in [1.82, 2.24) is 20.3 Å². The highest BCUT2D eigenvalue weighted by Gasteiger charge is 2.07. The minimum atomic E-state index is 0.0926. The molecule has 0 aliphatic rings. The zero-order valence-electron chi connectivity index (χ0n) is 23.9. The number of hydrogen-bond acceptors (Lipinski definition) is 6. The van der Waals surface area contributed by atoms with Gasteiger partial charge in [0.2, 0.25) is 11.9 Å². The van der Waals surface area contributed by atoms with Crippen LogP contribution in [-0.2, 0) is 9.59 Å². The molecule has 0 fully saturated rings. The molecular weight excluding hydrogens is 464 g/mol. The van der Waals surface area contributed by atoms with E-state index >= 15 is 0 Å². The normalized spacial score (nSPS) is 10.4. The summed E-state index contributed by atoms with van der Waals surface area (Å²) in [6.45, 7) is 15.7. The number of hydrogen-bond donors (Lipinski definition) is 3. The zero-order chi connectivity index (χ0) is 28.2. The van der Waals surface area contributed by atoms with Crippen LogP contribution in [0.1, 0.15) is 77.8 Å². The molecule has 0 bridgehead atoms. The fraction of sp³-hybridized carbons (Fsp3) is 0.414. The van der Waals surface area contributed by atoms with E-state index in [0.29, 0.717) is 12.4 Å². The third-order valence-corrected chi connectivity index (χ3v) is 4.52. The SMILES string of the molecule is C/C=C(\N=CCC)c1ccnc(Nc2cc(C)c3[nH]c(C)cc3c2)n1.CC=O.CCC.CCC(=O)NC. The Balaban J connectivity index is 0.000000910. The molecular formula is C29H44N6O2. The number of nitrogens with one attached hydrogen (secondary N) is 3. The maximum atomic E-state index is 10.1. The molecule has 2 aromatic heterocycles. The van der Waals surface area contributed by atoms with Gasteiger partial charge in [-0.25, -0.2) is 9.97 Å². The number of nitrogens with zero attached hydrogens (tertiary/aromatic N) is 3. The summed E-state index contributed by atoms with van der Waals surface area (Å²) >= 11 is 0. The van der Waals surface area contributed by atoms with Crippen molar-refractivity contribution in [1.29, 1.82) is 0 Å². The summed E-state index contributed by atoms with van der Waals surface area (Å²) < 4.78 is 0. The van der Waals surface area contributed by atoms with Crippen molar-refractivity contribution in [2.24, 2.45) is 4.99 Å². The number of allylic oxidation sites excluding steroid dienone is 1. The van der Waals surface area contributed by atoms with E-state index in [1.807, 2.05) is 32.2 Å². The Morgan fingerprint density at radius 1 is 1.11 bits per heavy atom. The molecule has 37 heavy (non-hydrogen) atoms. The summed E-state index contributed by atoms with van der Waals surface area (Å²) in [5.41, 5.74) is 6.13. The van der Waals surface area contributed by atoms with Crippen LogP contribution in [0.15, 0.2) is 41.5 Å². The second-order valence-electron chi connectivity index (χ2n) is 7.96. The first-order valence-electron chi connectivity index (χ1n) is 12.7. The molecule has 1 amide bonds. The predicted molar refractivity (Wildman–Crippen MR) is 158 cm³/mol. The number of aromatic amines is 1. The molecule has 3 rings (SSSR count). The van der Waals surface area contributed by atoms with Crippen LogP contribution in [0.4, 0.5) is 11.6 Å². The molecule has 2 heterocycles. The molecule has 8 nitrogen and oxygen atoms in total. The van der Waals surface area contributed by atoms with Gasteiger partial charge in [0.05, 0.1) is 11.4 Å². The molecule has 0 aliphatic heterocycles. The van der Waals surface area contributed by atoms with E-state index in [2.05, 4.69) is 83.4 Å². The predicted octanol–water partition coefficient (Wildman–Crippen LogP) is 6.92. The highest BCUT2D eigenvalue weighted by molar-refractivity contribution is 5.87. The molecule has 0 radical (unpaired) electrons. The Kier molecular flexibility index (Phi) is 17.4. The lowest BCUT2D eigenvalue weighted by Gasteiger charge is -2.08. The van der Waals surface area contributed by atoms with Gasteiger partial charge in [-0.1, -0.05) is 40.2 Å². The van der Waals surface area contributed by atoms with E-state index < -0.39 is 0 Å². The first-order valence-corrected chi connectivity index (χ1v) is 12.7. The van der Waals surface area contributed by atoms with E-state index in [1.165, 1.54) is 29.8 Å². The standard InChI is InChI=1S/C20H23N5.C4H9NO.C3H8.C2H4O/c1-5-8-21-17(6-2)18-7-9-22-20(25-18)24-16-10-13(3)19-15(12-16)11-14(4)23-19;1-3-4(6)5-2;1-3-2;1-2-3/h6-12,23H,5H2,1-4H3,(H,22,24,25);3H2,1-2H3,(H,5,6);3H2,1-2H3;2H,1H3/b17-6-,21-8?;;;. The molecule has 0 spiro atoms. The lowest BCUT2D eigenvalue weighted by atomic mass is 10.1. The van der Waals surface area contributed by atoms with Crippen molar-refractivity contribution >= 4 is 46.6 Å². The lowest BCUT2D eigenvalue weighted by Crippen LogP contribution is -2.15. The monoisotopic (exact) mass is 508 g/mol. The van der Waals surface area contributed by atoms with Crippen molar-refractivity contribution in [2.45, 2.75) is 74.7 Å². The van der Waals surface area contributed by atoms with Crippen molar-refractivity contribution in [3.8, 4) is 0 Å². The molecule has 0 saturated heterocycles. The van der Waals surface area contributed by atoms with Gasteiger partial charge in [0.15, 0.2) is 0 Å². The summed E-state index contributed by atoms with van der Waals surface area (Å²) in [5.74, 6) is 0.657. The molecule has 8 heteroatoms. The number of anilines is 2. The van der Waals surface area contributed by atoms with Crippen LogP contribution in [0.2, 0.25) is 0 Å². The van der Waals surface area contributed by atoms with Crippen LogP contribution in [0.3, 0.4) is 0 Å². The highest BCUT2D eigenvalue weighted by atomic mass is 16.1. The van der Waals surface area contributed by atoms with Gasteiger partial charge in [-0.05, 0) is 63.9 Å². The second-order valence-corrected chi connectivity index (χ2v) is 7.96. The molecule has 0 atom stereocenters. The van der Waals surface area contributed by atoms with Gasteiger partial charge in [0.25, 0.3) is 0 Å². The van der Waals surface area contributed by atoms with Crippen molar-refractivity contribution in [2.75, 3.05) is 12.4 Å².